The van der Waals surface area contributed by atoms with Gasteiger partial charge >= 0.3 is 0 Å². The second-order valence-corrected chi connectivity index (χ2v) is 8.32. The third-order valence-electron chi connectivity index (χ3n) is 4.89. The molecule has 0 spiro atoms. The van der Waals surface area contributed by atoms with Crippen molar-refractivity contribution < 1.29 is 9.59 Å². The van der Waals surface area contributed by atoms with E-state index in [1.807, 2.05) is 32.9 Å². The molecule has 9 heteroatoms. The van der Waals surface area contributed by atoms with Gasteiger partial charge in [-0.3, -0.25) is 9.59 Å². The highest BCUT2D eigenvalue weighted by Crippen LogP contribution is 2.35. The molecule has 0 atom stereocenters. The minimum atomic E-state index is -0.457. The van der Waals surface area contributed by atoms with Crippen LogP contribution < -0.4 is 10.2 Å². The van der Waals surface area contributed by atoms with Crippen LogP contribution >= 0.6 is 0 Å². The molecule has 1 amide bonds. The Morgan fingerprint density at radius 1 is 1.19 bits per heavy atom. The molecular weight excluding hydrogens is 406 g/mol. The van der Waals surface area contributed by atoms with Crippen molar-refractivity contribution >= 4 is 34.7 Å². The maximum atomic E-state index is 12.5. The van der Waals surface area contributed by atoms with Gasteiger partial charge in [-0.25, -0.2) is 0 Å². The molecule has 1 N–H and O–H groups in total. The number of nitrogens with zero attached hydrogens (tertiary/aromatic N) is 6. The van der Waals surface area contributed by atoms with E-state index in [0.29, 0.717) is 17.1 Å². The number of benzene rings is 1. The highest BCUT2D eigenvalue weighted by molar-refractivity contribution is 5.93. The molecule has 0 saturated carbocycles. The lowest BCUT2D eigenvalue weighted by molar-refractivity contribution is -0.114. The quantitative estimate of drug-likeness (QED) is 0.588. The Hall–Kier alpha value is -3.54. The Labute approximate surface area is 189 Å². The van der Waals surface area contributed by atoms with Crippen molar-refractivity contribution in [3.63, 3.8) is 0 Å². The van der Waals surface area contributed by atoms with Gasteiger partial charge < -0.3 is 10.2 Å². The molecule has 2 aromatic rings. The normalized spacial score (nSPS) is 11.4. The largest absolute Gasteiger partial charge is 0.372 e. The molecular formula is C23H31N7O2. The van der Waals surface area contributed by atoms with Gasteiger partial charge in [-0.1, -0.05) is 27.7 Å². The molecule has 0 radical (unpaired) electrons. The van der Waals surface area contributed by atoms with Gasteiger partial charge in [-0.05, 0) is 32.0 Å². The van der Waals surface area contributed by atoms with E-state index in [1.54, 1.807) is 13.0 Å². The van der Waals surface area contributed by atoms with Crippen LogP contribution in [0.4, 0.5) is 22.9 Å². The van der Waals surface area contributed by atoms with Crippen molar-refractivity contribution in [1.82, 2.24) is 9.78 Å². The number of amides is 1. The number of carbonyl (C=O) groups is 2. The topological polar surface area (TPSA) is 116 Å². The van der Waals surface area contributed by atoms with E-state index < -0.39 is 5.41 Å². The first-order valence-electron chi connectivity index (χ1n) is 10.7. The molecule has 32 heavy (non-hydrogen) atoms. The lowest BCUT2D eigenvalue weighted by Gasteiger charge is -2.22. The van der Waals surface area contributed by atoms with E-state index in [2.05, 4.69) is 45.5 Å². The summed E-state index contributed by atoms with van der Waals surface area (Å²) in [4.78, 5) is 26.4. The maximum absolute atomic E-state index is 12.5. The summed E-state index contributed by atoms with van der Waals surface area (Å²) in [5.74, 6) is -0.437. The lowest BCUT2D eigenvalue weighted by atomic mass is 9.90. The summed E-state index contributed by atoms with van der Waals surface area (Å²) in [6, 6.07) is 7.61. The number of aromatic nitrogens is 2. The van der Waals surface area contributed by atoms with Crippen LogP contribution in [-0.4, -0.2) is 34.7 Å². The summed E-state index contributed by atoms with van der Waals surface area (Å²) < 4.78 is 1.14. The number of hydrogen-bond donors (Lipinski definition) is 1. The molecule has 0 bridgehead atoms. The predicted molar refractivity (Wildman–Crippen MR) is 125 cm³/mol. The standard InChI is InChI=1S/C23H31N7O2/c1-8-20(32)30-22(17(14-24)21(28-30)23(5,6)7)27-26-18-12-11-16(29(9-2)10-3)13-19(18)25-15(4)31/h11-13H,8-10H2,1-7H3,(H,25,31). The van der Waals surface area contributed by atoms with Crippen LogP contribution in [0, 0.1) is 11.3 Å². The summed E-state index contributed by atoms with van der Waals surface area (Å²) in [7, 11) is 0. The zero-order chi connectivity index (χ0) is 24.1. The fourth-order valence-corrected chi connectivity index (χ4v) is 3.24. The zero-order valence-electron chi connectivity index (χ0n) is 19.9. The van der Waals surface area contributed by atoms with Gasteiger partial charge in [0, 0.05) is 37.5 Å². The maximum Gasteiger partial charge on any atom is 0.248 e. The summed E-state index contributed by atoms with van der Waals surface area (Å²) in [5.41, 5.74) is 2.08. The average molecular weight is 438 g/mol. The minimum Gasteiger partial charge on any atom is -0.372 e. The van der Waals surface area contributed by atoms with E-state index >= 15 is 0 Å². The van der Waals surface area contributed by atoms with Crippen molar-refractivity contribution in [2.75, 3.05) is 23.3 Å². The molecule has 170 valence electrons. The Morgan fingerprint density at radius 3 is 2.34 bits per heavy atom. The van der Waals surface area contributed by atoms with Crippen LogP contribution in [0.1, 0.15) is 70.9 Å². The second kappa shape index (κ2) is 10.2. The first-order valence-corrected chi connectivity index (χ1v) is 10.7. The highest BCUT2D eigenvalue weighted by Gasteiger charge is 2.29. The Bertz CT molecular complexity index is 1070. The van der Waals surface area contributed by atoms with E-state index in [4.69, 9.17) is 0 Å². The van der Waals surface area contributed by atoms with Crippen molar-refractivity contribution in [3.05, 3.63) is 29.5 Å². The Balaban J connectivity index is 2.63. The number of azo groups is 1. The number of carbonyl (C=O) groups excluding carboxylic acids is 2. The van der Waals surface area contributed by atoms with Crippen molar-refractivity contribution in [1.29, 1.82) is 5.26 Å². The predicted octanol–water partition coefficient (Wildman–Crippen LogP) is 5.32. The molecule has 0 aliphatic carbocycles. The van der Waals surface area contributed by atoms with Crippen LogP contribution in [0.2, 0.25) is 0 Å². The smallest absolute Gasteiger partial charge is 0.248 e. The van der Waals surface area contributed by atoms with Gasteiger partial charge in [-0.15, -0.1) is 10.2 Å². The number of hydrogen-bond acceptors (Lipinski definition) is 7. The lowest BCUT2D eigenvalue weighted by Crippen LogP contribution is -2.21. The fourth-order valence-electron chi connectivity index (χ4n) is 3.24. The average Bonchev–Trinajstić information content (AvgIpc) is 3.12. The first-order chi connectivity index (χ1) is 15.1. The fraction of sp³-hybridized carbons (Fsp3) is 0.478. The third-order valence-corrected chi connectivity index (χ3v) is 4.89. The van der Waals surface area contributed by atoms with Crippen molar-refractivity contribution in [2.45, 2.75) is 60.3 Å². The summed E-state index contributed by atoms with van der Waals surface area (Å²) in [6.07, 6.45) is 0.203. The number of rotatable bonds is 7. The second-order valence-electron chi connectivity index (χ2n) is 8.32. The van der Waals surface area contributed by atoms with Crippen LogP contribution in [0.15, 0.2) is 28.4 Å². The van der Waals surface area contributed by atoms with Gasteiger partial charge in [0.1, 0.15) is 17.3 Å². The Kier molecular flexibility index (Phi) is 7.87. The molecule has 0 unspecified atom stereocenters. The number of nitrogens with one attached hydrogen (secondary N) is 1. The van der Waals surface area contributed by atoms with Gasteiger partial charge in [0.25, 0.3) is 0 Å². The summed E-state index contributed by atoms with van der Waals surface area (Å²) in [6.45, 7) is 14.6. The van der Waals surface area contributed by atoms with Crippen LogP contribution in [0.25, 0.3) is 0 Å². The van der Waals surface area contributed by atoms with Gasteiger partial charge in [0.15, 0.2) is 5.82 Å². The molecule has 0 saturated heterocycles. The van der Waals surface area contributed by atoms with Crippen LogP contribution in [0.5, 0.6) is 0 Å². The summed E-state index contributed by atoms with van der Waals surface area (Å²) in [5, 5.41) is 25.5. The van der Waals surface area contributed by atoms with Crippen LogP contribution in [0.3, 0.4) is 0 Å². The van der Waals surface area contributed by atoms with Gasteiger partial charge in [0.2, 0.25) is 11.8 Å². The third kappa shape index (κ3) is 5.38. The highest BCUT2D eigenvalue weighted by atomic mass is 16.2. The van der Waals surface area contributed by atoms with Crippen LogP contribution in [-0.2, 0) is 10.2 Å². The molecule has 0 aliphatic heterocycles. The molecule has 9 nitrogen and oxygen atoms in total. The molecule has 0 fully saturated rings. The molecule has 0 aliphatic rings. The molecule has 2 rings (SSSR count). The SMILES string of the molecule is CCC(=O)n1nc(C(C)(C)C)c(C#N)c1N=Nc1ccc(N(CC)CC)cc1NC(C)=O. The number of anilines is 2. The number of nitriles is 1. The van der Waals surface area contributed by atoms with Gasteiger partial charge in [-0.2, -0.15) is 15.0 Å². The molecule has 1 aromatic carbocycles. The van der Waals surface area contributed by atoms with Crippen molar-refractivity contribution in [3.8, 4) is 6.07 Å². The summed E-state index contributed by atoms with van der Waals surface area (Å²) >= 11 is 0. The van der Waals surface area contributed by atoms with E-state index in [9.17, 15) is 14.9 Å². The van der Waals surface area contributed by atoms with Gasteiger partial charge in [0.05, 0.1) is 11.4 Å². The zero-order valence-corrected chi connectivity index (χ0v) is 19.9. The minimum absolute atomic E-state index is 0.0888. The van der Waals surface area contributed by atoms with E-state index in [1.165, 1.54) is 6.92 Å². The molecule has 1 aromatic heterocycles. The van der Waals surface area contributed by atoms with Crippen molar-refractivity contribution in [2.24, 2.45) is 10.2 Å². The Morgan fingerprint density at radius 2 is 1.84 bits per heavy atom. The van der Waals surface area contributed by atoms with E-state index in [-0.39, 0.29) is 29.6 Å². The van der Waals surface area contributed by atoms with E-state index in [0.717, 1.165) is 23.5 Å². The molecule has 1 heterocycles. The first kappa shape index (κ1) is 24.7. The monoisotopic (exact) mass is 437 g/mol.